The molecule has 210 valence electrons. The zero-order valence-electron chi connectivity index (χ0n) is 25.5. The van der Waals surface area contributed by atoms with Crippen LogP contribution in [0.15, 0.2) is 72.8 Å². The summed E-state index contributed by atoms with van der Waals surface area (Å²) in [5.74, 6) is 3.50. The molecule has 0 saturated carbocycles. The molecule has 0 aliphatic carbocycles. The molecular formula is C36H44N2O2. The van der Waals surface area contributed by atoms with E-state index < -0.39 is 0 Å². The molecule has 0 atom stereocenters. The Kier molecular flexibility index (Phi) is 7.94. The summed E-state index contributed by atoms with van der Waals surface area (Å²) in [5.41, 5.74) is 20.3. The molecule has 0 radical (unpaired) electrons. The zero-order chi connectivity index (χ0) is 29.4. The van der Waals surface area contributed by atoms with Crippen LogP contribution in [-0.2, 0) is 10.8 Å². The number of nitrogen functional groups attached to an aromatic ring is 2. The van der Waals surface area contributed by atoms with E-state index in [4.69, 9.17) is 20.9 Å². The van der Waals surface area contributed by atoms with Crippen molar-refractivity contribution in [1.29, 1.82) is 0 Å². The number of hydrogen-bond donors (Lipinski definition) is 2. The van der Waals surface area contributed by atoms with Gasteiger partial charge in [0.15, 0.2) is 0 Å². The molecule has 0 saturated heterocycles. The first-order valence-electron chi connectivity index (χ1n) is 14.0. The van der Waals surface area contributed by atoms with Crippen molar-refractivity contribution >= 4 is 11.4 Å². The standard InChI is InChI=1S/C36H44N2O2/c1-22-18-33(39-27-14-10-25(37)11-15-27)31(35(4,5)6)20-29(22)24(3)30-21-32(36(7,8)9)34(19-23(30)2)40-28-16-12-26(38)13-17-28/h10-21,24H,37-38H2,1-9H3. The van der Waals surface area contributed by atoms with Gasteiger partial charge in [0.05, 0.1) is 0 Å². The van der Waals surface area contributed by atoms with Crippen LogP contribution in [0.3, 0.4) is 0 Å². The molecule has 0 spiro atoms. The number of nitrogens with two attached hydrogens (primary N) is 2. The molecule has 4 N–H and O–H groups in total. The Labute approximate surface area is 240 Å². The first-order valence-corrected chi connectivity index (χ1v) is 14.0. The van der Waals surface area contributed by atoms with E-state index in [1.54, 1.807) is 0 Å². The highest BCUT2D eigenvalue weighted by molar-refractivity contribution is 5.55. The first kappa shape index (κ1) is 29.1. The second-order valence-electron chi connectivity index (χ2n) is 13.0. The molecule has 4 aromatic carbocycles. The van der Waals surface area contributed by atoms with Gasteiger partial charge in [-0.1, -0.05) is 60.6 Å². The molecule has 0 aliphatic heterocycles. The van der Waals surface area contributed by atoms with Crippen LogP contribution >= 0.6 is 0 Å². The van der Waals surface area contributed by atoms with Crippen LogP contribution in [0.4, 0.5) is 11.4 Å². The van der Waals surface area contributed by atoms with Gasteiger partial charge in [-0.2, -0.15) is 0 Å². The quantitative estimate of drug-likeness (QED) is 0.241. The van der Waals surface area contributed by atoms with Crippen molar-refractivity contribution in [3.05, 3.63) is 106 Å². The second kappa shape index (κ2) is 10.9. The number of ether oxygens (including phenoxy) is 2. The number of aryl methyl sites for hydroxylation is 2. The third-order valence-corrected chi connectivity index (χ3v) is 7.50. The molecule has 0 unspecified atom stereocenters. The molecule has 0 aliphatic rings. The molecule has 0 bridgehead atoms. The van der Waals surface area contributed by atoms with Crippen LogP contribution in [0.1, 0.15) is 87.8 Å². The lowest BCUT2D eigenvalue weighted by atomic mass is 9.78. The highest BCUT2D eigenvalue weighted by Gasteiger charge is 2.26. The molecule has 4 aromatic rings. The fourth-order valence-corrected chi connectivity index (χ4v) is 5.16. The average Bonchev–Trinajstić information content (AvgIpc) is 2.85. The Morgan fingerprint density at radius 2 is 0.875 bits per heavy atom. The summed E-state index contributed by atoms with van der Waals surface area (Å²) in [6.45, 7) is 20.0. The lowest BCUT2D eigenvalue weighted by Crippen LogP contribution is -2.16. The van der Waals surface area contributed by atoms with E-state index in [2.05, 4.69) is 86.6 Å². The third kappa shape index (κ3) is 6.44. The largest absolute Gasteiger partial charge is 0.457 e. The van der Waals surface area contributed by atoms with Crippen molar-refractivity contribution in [2.24, 2.45) is 0 Å². The van der Waals surface area contributed by atoms with Crippen LogP contribution in [0.2, 0.25) is 0 Å². The van der Waals surface area contributed by atoms with Gasteiger partial charge in [-0.15, -0.1) is 0 Å². The van der Waals surface area contributed by atoms with Crippen LogP contribution in [0.25, 0.3) is 0 Å². The van der Waals surface area contributed by atoms with Gasteiger partial charge in [-0.3, -0.25) is 0 Å². The smallest absolute Gasteiger partial charge is 0.131 e. The van der Waals surface area contributed by atoms with E-state index >= 15 is 0 Å². The summed E-state index contributed by atoms with van der Waals surface area (Å²) < 4.78 is 12.8. The fraction of sp³-hybridized carbons (Fsp3) is 0.333. The van der Waals surface area contributed by atoms with Gasteiger partial charge in [0.2, 0.25) is 0 Å². The molecular weight excluding hydrogens is 492 g/mol. The highest BCUT2D eigenvalue weighted by atomic mass is 16.5. The van der Waals surface area contributed by atoms with Gasteiger partial charge in [0.25, 0.3) is 0 Å². The Bertz CT molecular complexity index is 1370. The summed E-state index contributed by atoms with van der Waals surface area (Å²) in [6.07, 6.45) is 0. The molecule has 0 amide bonds. The van der Waals surface area contributed by atoms with Crippen molar-refractivity contribution in [3.8, 4) is 23.0 Å². The molecule has 0 heterocycles. The Morgan fingerprint density at radius 1 is 0.550 bits per heavy atom. The SMILES string of the molecule is Cc1cc(Oc2ccc(N)cc2)c(C(C)(C)C)cc1C(C)c1cc(C(C)(C)C)c(Oc2ccc(N)cc2)cc1C. The van der Waals surface area contributed by atoms with Gasteiger partial charge in [-0.05, 0) is 108 Å². The topological polar surface area (TPSA) is 70.5 Å². The Morgan fingerprint density at radius 3 is 1.18 bits per heavy atom. The van der Waals surface area contributed by atoms with Gasteiger partial charge in [0, 0.05) is 28.4 Å². The van der Waals surface area contributed by atoms with E-state index in [9.17, 15) is 0 Å². The third-order valence-electron chi connectivity index (χ3n) is 7.50. The van der Waals surface area contributed by atoms with Crippen LogP contribution < -0.4 is 20.9 Å². The average molecular weight is 537 g/mol. The second-order valence-corrected chi connectivity index (χ2v) is 13.0. The summed E-state index contributed by atoms with van der Waals surface area (Å²) in [7, 11) is 0. The molecule has 4 nitrogen and oxygen atoms in total. The molecule has 4 heteroatoms. The van der Waals surface area contributed by atoms with Crippen LogP contribution in [0.5, 0.6) is 23.0 Å². The lowest BCUT2D eigenvalue weighted by Gasteiger charge is -2.29. The Balaban J connectivity index is 1.77. The maximum atomic E-state index is 6.40. The minimum atomic E-state index is -0.103. The minimum Gasteiger partial charge on any atom is -0.457 e. The number of benzene rings is 4. The van der Waals surface area contributed by atoms with E-state index in [0.29, 0.717) is 0 Å². The van der Waals surface area contributed by atoms with Gasteiger partial charge < -0.3 is 20.9 Å². The van der Waals surface area contributed by atoms with E-state index in [1.165, 1.54) is 33.4 Å². The van der Waals surface area contributed by atoms with Crippen molar-refractivity contribution in [2.75, 3.05) is 11.5 Å². The van der Waals surface area contributed by atoms with Crippen LogP contribution in [-0.4, -0.2) is 0 Å². The fourth-order valence-electron chi connectivity index (χ4n) is 5.16. The summed E-state index contributed by atoms with van der Waals surface area (Å²) in [4.78, 5) is 0. The number of anilines is 2. The molecule has 4 rings (SSSR count). The van der Waals surface area contributed by atoms with Crippen molar-refractivity contribution in [2.45, 2.75) is 79.1 Å². The first-order chi connectivity index (χ1) is 18.6. The predicted molar refractivity (Wildman–Crippen MR) is 169 cm³/mol. The van der Waals surface area contributed by atoms with E-state index in [0.717, 1.165) is 34.4 Å². The molecule has 0 fully saturated rings. The minimum absolute atomic E-state index is 0.103. The van der Waals surface area contributed by atoms with E-state index in [1.807, 2.05) is 48.5 Å². The van der Waals surface area contributed by atoms with Gasteiger partial charge in [0.1, 0.15) is 23.0 Å². The maximum absolute atomic E-state index is 6.40. The van der Waals surface area contributed by atoms with E-state index in [-0.39, 0.29) is 16.7 Å². The van der Waals surface area contributed by atoms with Crippen LogP contribution in [0, 0.1) is 13.8 Å². The summed E-state index contributed by atoms with van der Waals surface area (Å²) >= 11 is 0. The van der Waals surface area contributed by atoms with Gasteiger partial charge >= 0.3 is 0 Å². The lowest BCUT2D eigenvalue weighted by molar-refractivity contribution is 0.454. The monoisotopic (exact) mass is 536 g/mol. The molecule has 0 aromatic heterocycles. The summed E-state index contributed by atoms with van der Waals surface area (Å²) in [6, 6.07) is 24.2. The number of hydrogen-bond acceptors (Lipinski definition) is 4. The predicted octanol–water partition coefficient (Wildman–Crippen LogP) is 9.80. The van der Waals surface area contributed by atoms with Crippen molar-refractivity contribution in [1.82, 2.24) is 0 Å². The van der Waals surface area contributed by atoms with Crippen molar-refractivity contribution < 1.29 is 9.47 Å². The zero-order valence-corrected chi connectivity index (χ0v) is 25.5. The van der Waals surface area contributed by atoms with Crippen molar-refractivity contribution in [3.63, 3.8) is 0 Å². The normalized spacial score (nSPS) is 12.1. The number of rotatable bonds is 6. The molecule has 40 heavy (non-hydrogen) atoms. The van der Waals surface area contributed by atoms with Gasteiger partial charge in [-0.25, -0.2) is 0 Å². The Hall–Kier alpha value is -3.92. The summed E-state index contributed by atoms with van der Waals surface area (Å²) in [5, 5.41) is 0. The maximum Gasteiger partial charge on any atom is 0.131 e. The highest BCUT2D eigenvalue weighted by Crippen LogP contribution is 2.43.